The van der Waals surface area contributed by atoms with Gasteiger partial charge >= 0.3 is 0 Å². The van der Waals surface area contributed by atoms with Crippen molar-refractivity contribution in [2.75, 3.05) is 19.7 Å². The number of rotatable bonds is 7. The maximum atomic E-state index is 13.1. The van der Waals surface area contributed by atoms with E-state index < -0.39 is 21.3 Å². The topological polar surface area (TPSA) is 89.7 Å². The third kappa shape index (κ3) is 4.84. The number of nitrogens with zero attached hydrogens (tertiary/aromatic N) is 1. The summed E-state index contributed by atoms with van der Waals surface area (Å²) in [7, 11) is -3.70. The van der Waals surface area contributed by atoms with E-state index in [-0.39, 0.29) is 24.5 Å². The van der Waals surface area contributed by atoms with Gasteiger partial charge in [0, 0.05) is 29.9 Å². The molecule has 1 amide bonds. The largest absolute Gasteiger partial charge is 0.493 e. The Hall–Kier alpha value is -2.09. The van der Waals surface area contributed by atoms with Gasteiger partial charge in [0.15, 0.2) is 0 Å². The first-order chi connectivity index (χ1) is 13.3. The monoisotopic (exact) mass is 422 g/mol. The summed E-state index contributed by atoms with van der Waals surface area (Å²) in [6, 6.07) is 15.3. The fourth-order valence-electron chi connectivity index (χ4n) is 3.56. The number of ether oxygens (including phenoxy) is 1. The van der Waals surface area contributed by atoms with Gasteiger partial charge in [0.2, 0.25) is 15.9 Å². The van der Waals surface area contributed by atoms with Crippen LogP contribution in [0.5, 0.6) is 5.75 Å². The van der Waals surface area contributed by atoms with Gasteiger partial charge in [0.1, 0.15) is 5.75 Å². The van der Waals surface area contributed by atoms with Gasteiger partial charge in [-0.05, 0) is 49.2 Å². The molecule has 3 rings (SSSR count). The molecule has 1 heterocycles. The van der Waals surface area contributed by atoms with Crippen LogP contribution in [0.15, 0.2) is 59.5 Å². The van der Waals surface area contributed by atoms with Crippen molar-refractivity contribution >= 4 is 27.5 Å². The molecule has 0 aliphatic carbocycles. The molecule has 1 aliphatic rings. The summed E-state index contributed by atoms with van der Waals surface area (Å²) in [6.45, 7) is 0.775. The average molecular weight is 423 g/mol. The minimum atomic E-state index is -3.70. The van der Waals surface area contributed by atoms with E-state index in [1.54, 1.807) is 12.1 Å². The van der Waals surface area contributed by atoms with E-state index in [4.69, 9.17) is 22.1 Å². The highest BCUT2D eigenvalue weighted by Gasteiger charge is 2.42. The number of carbonyl (C=O) groups is 1. The quantitative estimate of drug-likeness (QED) is 0.742. The highest BCUT2D eigenvalue weighted by molar-refractivity contribution is 7.89. The fraction of sp³-hybridized carbons (Fsp3) is 0.350. The summed E-state index contributed by atoms with van der Waals surface area (Å²) in [5.74, 6) is 0.200. The summed E-state index contributed by atoms with van der Waals surface area (Å²) >= 11 is 5.87. The number of primary amides is 1. The SMILES string of the molecule is NC(=O)CC1(COc2ccccc2)CCCN(S(=O)(=O)c2ccc(Cl)cc2)C1. The third-order valence-electron chi connectivity index (χ3n) is 4.92. The molecule has 1 atom stereocenters. The van der Waals surface area contributed by atoms with E-state index in [2.05, 4.69) is 0 Å². The van der Waals surface area contributed by atoms with E-state index in [1.807, 2.05) is 30.3 Å². The molecule has 6 nitrogen and oxygen atoms in total. The number of halogens is 1. The van der Waals surface area contributed by atoms with Crippen molar-refractivity contribution in [1.82, 2.24) is 4.31 Å². The van der Waals surface area contributed by atoms with Crippen LogP contribution in [-0.2, 0) is 14.8 Å². The number of piperidine rings is 1. The first kappa shape index (κ1) is 20.6. The van der Waals surface area contributed by atoms with Crippen molar-refractivity contribution in [2.24, 2.45) is 11.1 Å². The van der Waals surface area contributed by atoms with Crippen molar-refractivity contribution in [3.05, 3.63) is 59.6 Å². The molecule has 28 heavy (non-hydrogen) atoms. The maximum absolute atomic E-state index is 13.1. The standard InChI is InChI=1S/C20H23ClN2O4S/c21-16-7-9-18(10-8-16)28(25,26)23-12-4-11-20(14-23,13-19(22)24)15-27-17-5-2-1-3-6-17/h1-3,5-10H,4,11-15H2,(H2,22,24). The van der Waals surface area contributed by atoms with Gasteiger partial charge in [0.05, 0.1) is 11.5 Å². The Morgan fingerprint density at radius 2 is 1.82 bits per heavy atom. The highest BCUT2D eigenvalue weighted by Crippen LogP contribution is 2.36. The van der Waals surface area contributed by atoms with Gasteiger partial charge in [-0.3, -0.25) is 4.79 Å². The molecule has 1 unspecified atom stereocenters. The van der Waals surface area contributed by atoms with Crippen LogP contribution in [0.2, 0.25) is 5.02 Å². The van der Waals surface area contributed by atoms with E-state index in [0.29, 0.717) is 30.2 Å². The molecule has 0 aromatic heterocycles. The first-order valence-electron chi connectivity index (χ1n) is 9.03. The van der Waals surface area contributed by atoms with Crippen LogP contribution in [0, 0.1) is 5.41 Å². The van der Waals surface area contributed by atoms with Crippen LogP contribution >= 0.6 is 11.6 Å². The first-order valence-corrected chi connectivity index (χ1v) is 10.8. The van der Waals surface area contributed by atoms with Crippen molar-refractivity contribution in [3.8, 4) is 5.75 Å². The summed E-state index contributed by atoms with van der Waals surface area (Å²) in [5.41, 5.74) is 4.82. The van der Waals surface area contributed by atoms with E-state index in [0.717, 1.165) is 0 Å². The zero-order valence-electron chi connectivity index (χ0n) is 15.4. The minimum absolute atomic E-state index is 0.0620. The number of amides is 1. The van der Waals surface area contributed by atoms with Crippen LogP contribution in [0.3, 0.4) is 0 Å². The molecular weight excluding hydrogens is 400 g/mol. The van der Waals surface area contributed by atoms with Crippen molar-refractivity contribution < 1.29 is 17.9 Å². The molecule has 0 bridgehead atoms. The summed E-state index contributed by atoms with van der Waals surface area (Å²) in [5, 5.41) is 0.469. The molecule has 2 aromatic carbocycles. The predicted molar refractivity (Wildman–Crippen MR) is 108 cm³/mol. The van der Waals surface area contributed by atoms with Crippen molar-refractivity contribution in [2.45, 2.75) is 24.2 Å². The Balaban J connectivity index is 1.83. The molecule has 1 saturated heterocycles. The molecule has 1 aliphatic heterocycles. The zero-order chi connectivity index (χ0) is 20.2. The van der Waals surface area contributed by atoms with Crippen molar-refractivity contribution in [3.63, 3.8) is 0 Å². The number of carbonyl (C=O) groups excluding carboxylic acids is 1. The van der Waals surface area contributed by atoms with E-state index >= 15 is 0 Å². The molecular formula is C20H23ClN2O4S. The third-order valence-corrected chi connectivity index (χ3v) is 7.03. The Kier molecular flexibility index (Phi) is 6.27. The van der Waals surface area contributed by atoms with Gasteiger partial charge < -0.3 is 10.5 Å². The number of hydrogen-bond donors (Lipinski definition) is 1. The number of sulfonamides is 1. The predicted octanol–water partition coefficient (Wildman–Crippen LogP) is 3.07. The number of hydrogen-bond acceptors (Lipinski definition) is 4. The van der Waals surface area contributed by atoms with Crippen LogP contribution in [-0.4, -0.2) is 38.3 Å². The second kappa shape index (κ2) is 8.51. The Bertz CT molecular complexity index is 919. The lowest BCUT2D eigenvalue weighted by Gasteiger charge is -2.41. The smallest absolute Gasteiger partial charge is 0.243 e. The molecule has 150 valence electrons. The van der Waals surface area contributed by atoms with Gasteiger partial charge in [-0.25, -0.2) is 8.42 Å². The van der Waals surface area contributed by atoms with Crippen molar-refractivity contribution in [1.29, 1.82) is 0 Å². The molecule has 1 fully saturated rings. The molecule has 8 heteroatoms. The Morgan fingerprint density at radius 3 is 2.46 bits per heavy atom. The Morgan fingerprint density at radius 1 is 1.14 bits per heavy atom. The molecule has 0 radical (unpaired) electrons. The van der Waals surface area contributed by atoms with Gasteiger partial charge in [0.25, 0.3) is 0 Å². The van der Waals surface area contributed by atoms with E-state index in [1.165, 1.54) is 16.4 Å². The van der Waals surface area contributed by atoms with Crippen LogP contribution in [0.1, 0.15) is 19.3 Å². The second-order valence-corrected chi connectivity index (χ2v) is 9.52. The van der Waals surface area contributed by atoms with Crippen LogP contribution < -0.4 is 10.5 Å². The Labute approximate surface area is 170 Å². The maximum Gasteiger partial charge on any atom is 0.243 e. The normalized spacial score (nSPS) is 20.6. The molecule has 0 spiro atoms. The lowest BCUT2D eigenvalue weighted by atomic mass is 9.78. The summed E-state index contributed by atoms with van der Waals surface area (Å²) < 4.78 is 33.4. The lowest BCUT2D eigenvalue weighted by molar-refractivity contribution is -0.121. The van der Waals surface area contributed by atoms with E-state index in [9.17, 15) is 13.2 Å². The molecule has 2 aromatic rings. The molecule has 2 N–H and O–H groups in total. The zero-order valence-corrected chi connectivity index (χ0v) is 17.0. The highest BCUT2D eigenvalue weighted by atomic mass is 35.5. The fourth-order valence-corrected chi connectivity index (χ4v) is 5.28. The van der Waals surface area contributed by atoms with Crippen LogP contribution in [0.25, 0.3) is 0 Å². The summed E-state index contributed by atoms with van der Waals surface area (Å²) in [6.07, 6.45) is 1.35. The van der Waals surface area contributed by atoms with Gasteiger partial charge in [-0.2, -0.15) is 4.31 Å². The second-order valence-electron chi connectivity index (χ2n) is 7.14. The molecule has 0 saturated carbocycles. The van der Waals surface area contributed by atoms with Gasteiger partial charge in [-0.15, -0.1) is 0 Å². The summed E-state index contributed by atoms with van der Waals surface area (Å²) in [4.78, 5) is 11.9. The number of benzene rings is 2. The minimum Gasteiger partial charge on any atom is -0.493 e. The van der Waals surface area contributed by atoms with Gasteiger partial charge in [-0.1, -0.05) is 29.8 Å². The number of nitrogens with two attached hydrogens (primary N) is 1. The number of para-hydroxylation sites is 1. The average Bonchev–Trinajstić information content (AvgIpc) is 2.67. The van der Waals surface area contributed by atoms with Crippen LogP contribution in [0.4, 0.5) is 0 Å². The lowest BCUT2D eigenvalue weighted by Crippen LogP contribution is -2.50.